The third-order valence-electron chi connectivity index (χ3n) is 2.43. The van der Waals surface area contributed by atoms with Crippen LogP contribution < -0.4 is 0 Å². The van der Waals surface area contributed by atoms with Crippen LogP contribution in [0.4, 0.5) is 0 Å². The highest BCUT2D eigenvalue weighted by Crippen LogP contribution is 2.19. The van der Waals surface area contributed by atoms with Gasteiger partial charge in [-0.05, 0) is 12.8 Å². The van der Waals surface area contributed by atoms with Gasteiger partial charge in [-0.2, -0.15) is 0 Å². The molecule has 0 saturated heterocycles. The van der Waals surface area contributed by atoms with E-state index in [0.29, 0.717) is 12.8 Å². The Morgan fingerprint density at radius 1 is 1.40 bits per heavy atom. The van der Waals surface area contributed by atoms with Crippen molar-refractivity contribution in [3.8, 4) is 0 Å². The van der Waals surface area contributed by atoms with Crippen LogP contribution in [0.1, 0.15) is 33.6 Å². The highest BCUT2D eigenvalue weighted by atomic mass is 16.5. The van der Waals surface area contributed by atoms with E-state index >= 15 is 0 Å². The molecule has 0 aliphatic rings. The van der Waals surface area contributed by atoms with E-state index in [9.17, 15) is 9.59 Å². The molecule has 0 fully saturated rings. The van der Waals surface area contributed by atoms with E-state index < -0.39 is 0 Å². The van der Waals surface area contributed by atoms with Gasteiger partial charge >= 0.3 is 5.97 Å². The maximum absolute atomic E-state index is 11.4. The van der Waals surface area contributed by atoms with Gasteiger partial charge in [0, 0.05) is 12.8 Å². The highest BCUT2D eigenvalue weighted by molar-refractivity contribution is 5.80. The average Bonchev–Trinajstić information content (AvgIpc) is 2.24. The molecule has 0 aromatic rings. The Morgan fingerprint density at radius 2 is 2.00 bits per heavy atom. The second kappa shape index (κ2) is 7.21. The molecule has 3 heteroatoms. The fourth-order valence-corrected chi connectivity index (χ4v) is 1.47. The lowest BCUT2D eigenvalue weighted by Gasteiger charge is -2.17. The number of allylic oxidation sites excluding steroid dienone is 1. The van der Waals surface area contributed by atoms with Crippen LogP contribution in [-0.2, 0) is 14.3 Å². The first-order chi connectivity index (χ1) is 7.06. The summed E-state index contributed by atoms with van der Waals surface area (Å²) in [6.07, 6.45) is 4.56. The first-order valence-corrected chi connectivity index (χ1v) is 5.29. The van der Waals surface area contributed by atoms with E-state index in [4.69, 9.17) is 4.74 Å². The van der Waals surface area contributed by atoms with E-state index in [-0.39, 0.29) is 23.6 Å². The molecule has 0 aromatic heterocycles. The normalized spacial score (nSPS) is 14.9. The second-order valence-corrected chi connectivity index (χ2v) is 3.65. The number of Topliss-reactive ketones (excluding diaryl/α,β-unsaturated/α-hetero) is 1. The maximum atomic E-state index is 11.4. The van der Waals surface area contributed by atoms with Gasteiger partial charge in [-0.1, -0.05) is 26.0 Å². The summed E-state index contributed by atoms with van der Waals surface area (Å²) in [5.41, 5.74) is 0. The zero-order valence-electron chi connectivity index (χ0n) is 9.95. The van der Waals surface area contributed by atoms with Gasteiger partial charge in [0.2, 0.25) is 0 Å². The van der Waals surface area contributed by atoms with Crippen LogP contribution in [-0.4, -0.2) is 18.9 Å². The monoisotopic (exact) mass is 212 g/mol. The fourth-order valence-electron chi connectivity index (χ4n) is 1.47. The van der Waals surface area contributed by atoms with Crippen LogP contribution in [0.5, 0.6) is 0 Å². The van der Waals surface area contributed by atoms with Gasteiger partial charge < -0.3 is 4.74 Å². The number of hydrogen-bond acceptors (Lipinski definition) is 3. The van der Waals surface area contributed by atoms with Crippen molar-refractivity contribution >= 4 is 11.8 Å². The molecule has 0 radical (unpaired) electrons. The van der Waals surface area contributed by atoms with E-state index in [1.54, 1.807) is 6.08 Å². The Labute approximate surface area is 91.5 Å². The van der Waals surface area contributed by atoms with Crippen LogP contribution in [0, 0.1) is 11.8 Å². The summed E-state index contributed by atoms with van der Waals surface area (Å²) in [5, 5.41) is 0. The molecule has 0 amide bonds. The number of carbonyl (C=O) groups excluding carboxylic acids is 2. The lowest BCUT2D eigenvalue weighted by Crippen LogP contribution is -2.23. The molecule has 0 heterocycles. The predicted octanol–water partition coefficient (Wildman–Crippen LogP) is 2.36. The van der Waals surface area contributed by atoms with E-state index in [2.05, 4.69) is 0 Å². The van der Waals surface area contributed by atoms with Gasteiger partial charge in [0.25, 0.3) is 0 Å². The van der Waals surface area contributed by atoms with Gasteiger partial charge in [0.1, 0.15) is 5.78 Å². The Kier molecular flexibility index (Phi) is 6.67. The number of methoxy groups -OCH3 is 1. The molecule has 3 nitrogen and oxygen atoms in total. The van der Waals surface area contributed by atoms with E-state index in [1.807, 2.05) is 26.8 Å². The molecule has 0 aliphatic carbocycles. The van der Waals surface area contributed by atoms with Crippen LogP contribution in [0.15, 0.2) is 12.2 Å². The Bertz CT molecular complexity index is 243. The molecule has 0 aliphatic heterocycles. The molecule has 0 bridgehead atoms. The molecular weight excluding hydrogens is 192 g/mol. The Balaban J connectivity index is 4.48. The number of ketones is 1. The minimum absolute atomic E-state index is 0.00102. The Hall–Kier alpha value is -1.12. The smallest absolute Gasteiger partial charge is 0.312 e. The van der Waals surface area contributed by atoms with Crippen LogP contribution >= 0.6 is 0 Å². The summed E-state index contributed by atoms with van der Waals surface area (Å²) in [6, 6.07) is 0. The van der Waals surface area contributed by atoms with Crippen molar-refractivity contribution in [2.45, 2.75) is 33.6 Å². The molecule has 0 rings (SSSR count). The first-order valence-electron chi connectivity index (χ1n) is 5.29. The van der Waals surface area contributed by atoms with Crippen molar-refractivity contribution in [2.75, 3.05) is 7.11 Å². The predicted molar refractivity (Wildman–Crippen MR) is 59.4 cm³/mol. The molecule has 15 heavy (non-hydrogen) atoms. The van der Waals surface area contributed by atoms with Gasteiger partial charge in [0.05, 0.1) is 13.0 Å². The van der Waals surface area contributed by atoms with Crippen molar-refractivity contribution < 1.29 is 14.3 Å². The van der Waals surface area contributed by atoms with Crippen LogP contribution in [0.2, 0.25) is 0 Å². The minimum Gasteiger partial charge on any atom is -0.469 e. The summed E-state index contributed by atoms with van der Waals surface area (Å²) in [5.74, 6) is -0.401. The number of carbonyl (C=O) groups is 2. The van der Waals surface area contributed by atoms with Crippen molar-refractivity contribution in [1.29, 1.82) is 0 Å². The van der Waals surface area contributed by atoms with Crippen molar-refractivity contribution in [2.24, 2.45) is 11.8 Å². The summed E-state index contributed by atoms with van der Waals surface area (Å²) < 4.78 is 4.70. The standard InChI is InChI=1S/C12H20O3/c1-5-7-11(12(14)15-4)9(3)8-10(13)6-2/h5,7,9,11H,6,8H2,1-4H3/b7-5+/t9-,11-/m0/s1. The van der Waals surface area contributed by atoms with Crippen molar-refractivity contribution in [1.82, 2.24) is 0 Å². The van der Waals surface area contributed by atoms with E-state index in [0.717, 1.165) is 0 Å². The average molecular weight is 212 g/mol. The summed E-state index contributed by atoms with van der Waals surface area (Å²) in [7, 11) is 1.37. The first kappa shape index (κ1) is 13.9. The lowest BCUT2D eigenvalue weighted by atomic mass is 9.89. The fraction of sp³-hybridized carbons (Fsp3) is 0.667. The lowest BCUT2D eigenvalue weighted by molar-refractivity contribution is -0.145. The molecule has 0 N–H and O–H groups in total. The number of rotatable bonds is 6. The summed E-state index contributed by atoms with van der Waals surface area (Å²) >= 11 is 0. The summed E-state index contributed by atoms with van der Waals surface area (Å²) in [4.78, 5) is 22.7. The van der Waals surface area contributed by atoms with Gasteiger partial charge in [-0.15, -0.1) is 0 Å². The molecule has 2 atom stereocenters. The van der Waals surface area contributed by atoms with E-state index in [1.165, 1.54) is 7.11 Å². The molecule has 0 spiro atoms. The maximum Gasteiger partial charge on any atom is 0.312 e. The van der Waals surface area contributed by atoms with Gasteiger partial charge in [0.15, 0.2) is 0 Å². The molecule has 86 valence electrons. The summed E-state index contributed by atoms with van der Waals surface area (Å²) in [6.45, 7) is 5.58. The Morgan fingerprint density at radius 3 is 2.40 bits per heavy atom. The largest absolute Gasteiger partial charge is 0.469 e. The number of esters is 1. The molecular formula is C12H20O3. The van der Waals surface area contributed by atoms with Crippen molar-refractivity contribution in [3.63, 3.8) is 0 Å². The van der Waals surface area contributed by atoms with Crippen LogP contribution in [0.3, 0.4) is 0 Å². The molecule has 0 saturated carbocycles. The SMILES string of the molecule is C/C=C/[C@H](C(=O)OC)[C@@H](C)CC(=O)CC. The zero-order chi connectivity index (χ0) is 11.8. The molecule has 0 aromatic carbocycles. The number of hydrogen-bond donors (Lipinski definition) is 0. The van der Waals surface area contributed by atoms with Crippen molar-refractivity contribution in [3.05, 3.63) is 12.2 Å². The van der Waals surface area contributed by atoms with Gasteiger partial charge in [-0.25, -0.2) is 0 Å². The highest BCUT2D eigenvalue weighted by Gasteiger charge is 2.24. The van der Waals surface area contributed by atoms with Gasteiger partial charge in [-0.3, -0.25) is 9.59 Å². The topological polar surface area (TPSA) is 43.4 Å². The zero-order valence-corrected chi connectivity index (χ0v) is 9.95. The quantitative estimate of drug-likeness (QED) is 0.501. The number of ether oxygens (including phenoxy) is 1. The third-order valence-corrected chi connectivity index (χ3v) is 2.43. The molecule has 0 unspecified atom stereocenters. The minimum atomic E-state index is -0.310. The second-order valence-electron chi connectivity index (χ2n) is 3.65. The third kappa shape index (κ3) is 4.77. The van der Waals surface area contributed by atoms with Crippen LogP contribution in [0.25, 0.3) is 0 Å².